The molecule has 0 aliphatic heterocycles. The zero-order valence-corrected chi connectivity index (χ0v) is 11.2. The number of carbonyl (C=O) groups is 2. The molecule has 0 saturated heterocycles. The summed E-state index contributed by atoms with van der Waals surface area (Å²) in [6.45, 7) is 3.20. The Hall–Kier alpha value is -2.49. The molecule has 2 rings (SSSR count). The molecular formula is C16H14FNO2. The fourth-order valence-corrected chi connectivity index (χ4v) is 1.82. The number of hydrogen-bond acceptors (Lipinski definition) is 2. The molecule has 0 aliphatic rings. The lowest BCUT2D eigenvalue weighted by molar-refractivity contribution is 0.100. The maximum absolute atomic E-state index is 13.7. The van der Waals surface area contributed by atoms with Crippen LogP contribution in [0.2, 0.25) is 0 Å². The Labute approximate surface area is 116 Å². The van der Waals surface area contributed by atoms with Crippen LogP contribution in [0.3, 0.4) is 0 Å². The van der Waals surface area contributed by atoms with E-state index in [4.69, 9.17) is 0 Å². The number of anilines is 1. The molecule has 0 saturated carbocycles. The highest BCUT2D eigenvalue weighted by Gasteiger charge is 2.12. The van der Waals surface area contributed by atoms with Crippen LogP contribution in [0.1, 0.15) is 33.2 Å². The van der Waals surface area contributed by atoms with Gasteiger partial charge in [-0.05, 0) is 43.7 Å². The first-order chi connectivity index (χ1) is 9.47. The lowest BCUT2D eigenvalue weighted by Gasteiger charge is -2.07. The van der Waals surface area contributed by atoms with E-state index in [0.717, 1.165) is 5.56 Å². The summed E-state index contributed by atoms with van der Waals surface area (Å²) in [7, 11) is 0. The lowest BCUT2D eigenvalue weighted by atomic mass is 10.1. The molecule has 3 nitrogen and oxygen atoms in total. The summed E-state index contributed by atoms with van der Waals surface area (Å²) in [5, 5.41) is 2.58. The fraction of sp³-hybridized carbons (Fsp3) is 0.125. The van der Waals surface area contributed by atoms with Crippen molar-refractivity contribution in [2.75, 3.05) is 5.32 Å². The Balaban J connectivity index is 2.23. The molecule has 0 unspecified atom stereocenters. The Morgan fingerprint density at radius 3 is 2.50 bits per heavy atom. The zero-order valence-electron chi connectivity index (χ0n) is 11.2. The van der Waals surface area contributed by atoms with Crippen LogP contribution in [0, 0.1) is 12.7 Å². The van der Waals surface area contributed by atoms with E-state index >= 15 is 0 Å². The van der Waals surface area contributed by atoms with Crippen molar-refractivity contribution in [3.63, 3.8) is 0 Å². The lowest BCUT2D eigenvalue weighted by Crippen LogP contribution is -2.14. The van der Waals surface area contributed by atoms with Crippen LogP contribution in [-0.2, 0) is 0 Å². The molecule has 20 heavy (non-hydrogen) atoms. The van der Waals surface area contributed by atoms with Crippen molar-refractivity contribution in [1.29, 1.82) is 0 Å². The van der Waals surface area contributed by atoms with Crippen molar-refractivity contribution < 1.29 is 14.0 Å². The summed E-state index contributed by atoms with van der Waals surface area (Å²) in [6.07, 6.45) is 0. The summed E-state index contributed by atoms with van der Waals surface area (Å²) in [6, 6.07) is 10.9. The van der Waals surface area contributed by atoms with Gasteiger partial charge in [-0.3, -0.25) is 9.59 Å². The number of rotatable bonds is 3. The molecular weight excluding hydrogens is 257 g/mol. The molecule has 102 valence electrons. The molecule has 0 bridgehead atoms. The number of halogens is 1. The largest absolute Gasteiger partial charge is 0.322 e. The molecule has 0 spiro atoms. The van der Waals surface area contributed by atoms with Gasteiger partial charge in [0.15, 0.2) is 5.78 Å². The molecule has 4 heteroatoms. The van der Waals surface area contributed by atoms with Crippen LogP contribution >= 0.6 is 0 Å². The predicted molar refractivity (Wildman–Crippen MR) is 75.5 cm³/mol. The predicted octanol–water partition coefficient (Wildman–Crippen LogP) is 3.59. The maximum atomic E-state index is 13.7. The molecule has 0 fully saturated rings. The number of nitrogens with one attached hydrogen (secondary N) is 1. The summed E-state index contributed by atoms with van der Waals surface area (Å²) in [5.41, 5.74) is 1.68. The molecule has 0 atom stereocenters. The topological polar surface area (TPSA) is 46.2 Å². The standard InChI is InChI=1S/C16H14FNO2/c1-10-6-7-14(15(17)8-10)16(20)18-13-5-3-4-12(9-13)11(2)19/h3-9H,1-2H3,(H,18,20). The van der Waals surface area contributed by atoms with Crippen LogP contribution < -0.4 is 5.32 Å². The maximum Gasteiger partial charge on any atom is 0.258 e. The van der Waals surface area contributed by atoms with Crippen LogP contribution in [0.25, 0.3) is 0 Å². The second kappa shape index (κ2) is 5.65. The summed E-state index contributed by atoms with van der Waals surface area (Å²) < 4.78 is 13.7. The van der Waals surface area contributed by atoms with E-state index in [2.05, 4.69) is 5.32 Å². The van der Waals surface area contributed by atoms with Crippen molar-refractivity contribution in [3.8, 4) is 0 Å². The van der Waals surface area contributed by atoms with E-state index in [1.54, 1.807) is 37.3 Å². The Morgan fingerprint density at radius 2 is 1.85 bits per heavy atom. The van der Waals surface area contributed by atoms with Gasteiger partial charge < -0.3 is 5.32 Å². The summed E-state index contributed by atoms with van der Waals surface area (Å²) in [5.74, 6) is -1.20. The molecule has 0 radical (unpaired) electrons. The number of ketones is 1. The van der Waals surface area contributed by atoms with Gasteiger partial charge in [-0.1, -0.05) is 18.2 Å². The second-order valence-corrected chi connectivity index (χ2v) is 4.57. The first-order valence-electron chi connectivity index (χ1n) is 6.16. The van der Waals surface area contributed by atoms with Gasteiger partial charge in [0.2, 0.25) is 0 Å². The minimum absolute atomic E-state index is 0.0242. The third-order valence-corrected chi connectivity index (χ3v) is 2.90. The van der Waals surface area contributed by atoms with Gasteiger partial charge >= 0.3 is 0 Å². The Morgan fingerprint density at radius 1 is 1.10 bits per heavy atom. The quantitative estimate of drug-likeness (QED) is 0.867. The molecule has 0 aliphatic carbocycles. The Kier molecular flexibility index (Phi) is 3.94. The average molecular weight is 271 g/mol. The summed E-state index contributed by atoms with van der Waals surface area (Å²) >= 11 is 0. The van der Waals surface area contributed by atoms with E-state index in [0.29, 0.717) is 11.3 Å². The van der Waals surface area contributed by atoms with Gasteiger partial charge in [-0.15, -0.1) is 0 Å². The van der Waals surface area contributed by atoms with Crippen molar-refractivity contribution in [2.24, 2.45) is 0 Å². The smallest absolute Gasteiger partial charge is 0.258 e. The number of amides is 1. The number of benzene rings is 2. The highest BCUT2D eigenvalue weighted by Crippen LogP contribution is 2.15. The van der Waals surface area contributed by atoms with E-state index in [1.807, 2.05) is 0 Å². The molecule has 1 amide bonds. The number of carbonyl (C=O) groups excluding carboxylic acids is 2. The monoisotopic (exact) mass is 271 g/mol. The SMILES string of the molecule is CC(=O)c1cccc(NC(=O)c2ccc(C)cc2F)c1. The van der Waals surface area contributed by atoms with Gasteiger partial charge in [0, 0.05) is 11.3 Å². The molecule has 0 heterocycles. The summed E-state index contributed by atoms with van der Waals surface area (Å²) in [4.78, 5) is 23.3. The molecule has 0 aromatic heterocycles. The first-order valence-corrected chi connectivity index (χ1v) is 6.16. The van der Waals surface area contributed by atoms with Crippen molar-refractivity contribution >= 4 is 17.4 Å². The molecule has 1 N–H and O–H groups in total. The van der Waals surface area contributed by atoms with E-state index < -0.39 is 11.7 Å². The average Bonchev–Trinajstić information content (AvgIpc) is 2.38. The highest BCUT2D eigenvalue weighted by atomic mass is 19.1. The van der Waals surface area contributed by atoms with Crippen molar-refractivity contribution in [2.45, 2.75) is 13.8 Å². The van der Waals surface area contributed by atoms with E-state index in [1.165, 1.54) is 19.1 Å². The minimum atomic E-state index is -0.565. The third kappa shape index (κ3) is 3.09. The molecule has 2 aromatic rings. The number of aryl methyl sites for hydroxylation is 1. The normalized spacial score (nSPS) is 10.2. The van der Waals surface area contributed by atoms with Gasteiger partial charge in [-0.2, -0.15) is 0 Å². The van der Waals surface area contributed by atoms with Crippen LogP contribution in [0.4, 0.5) is 10.1 Å². The fourth-order valence-electron chi connectivity index (χ4n) is 1.82. The van der Waals surface area contributed by atoms with Crippen LogP contribution in [-0.4, -0.2) is 11.7 Å². The first kappa shape index (κ1) is 13.9. The van der Waals surface area contributed by atoms with E-state index in [9.17, 15) is 14.0 Å². The van der Waals surface area contributed by atoms with Gasteiger partial charge in [0.25, 0.3) is 5.91 Å². The van der Waals surface area contributed by atoms with Crippen LogP contribution in [0.5, 0.6) is 0 Å². The number of Topliss-reactive ketones (excluding diaryl/α,β-unsaturated/α-hetero) is 1. The number of hydrogen-bond donors (Lipinski definition) is 1. The van der Waals surface area contributed by atoms with Crippen LogP contribution in [0.15, 0.2) is 42.5 Å². The van der Waals surface area contributed by atoms with Crippen molar-refractivity contribution in [3.05, 3.63) is 65.0 Å². The highest BCUT2D eigenvalue weighted by molar-refractivity contribution is 6.05. The van der Waals surface area contributed by atoms with Gasteiger partial charge in [-0.25, -0.2) is 4.39 Å². The zero-order chi connectivity index (χ0) is 14.7. The van der Waals surface area contributed by atoms with E-state index in [-0.39, 0.29) is 11.3 Å². The van der Waals surface area contributed by atoms with Gasteiger partial charge in [0.05, 0.1) is 5.56 Å². The van der Waals surface area contributed by atoms with Crippen molar-refractivity contribution in [1.82, 2.24) is 0 Å². The van der Waals surface area contributed by atoms with Gasteiger partial charge in [0.1, 0.15) is 5.82 Å². The molecule has 2 aromatic carbocycles. The second-order valence-electron chi connectivity index (χ2n) is 4.57. The third-order valence-electron chi connectivity index (χ3n) is 2.90. The minimum Gasteiger partial charge on any atom is -0.322 e. The Bertz CT molecular complexity index is 680.